The lowest BCUT2D eigenvalue weighted by molar-refractivity contribution is -0.137. The summed E-state index contributed by atoms with van der Waals surface area (Å²) in [4.78, 5) is 11.5. The van der Waals surface area contributed by atoms with Gasteiger partial charge in [-0.1, -0.05) is 12.1 Å². The quantitative estimate of drug-likeness (QED) is 0.789. The van der Waals surface area contributed by atoms with Gasteiger partial charge in [0.2, 0.25) is 5.28 Å². The van der Waals surface area contributed by atoms with Crippen LogP contribution in [-0.4, -0.2) is 15.0 Å². The third-order valence-electron chi connectivity index (χ3n) is 2.22. The number of benzene rings is 1. The minimum atomic E-state index is -4.43. The predicted octanol–water partition coefficient (Wildman–Crippen LogP) is 3.95. The van der Waals surface area contributed by atoms with Crippen LogP contribution in [-0.2, 0) is 12.1 Å². The van der Waals surface area contributed by atoms with E-state index in [0.29, 0.717) is 0 Å². The van der Waals surface area contributed by atoms with Crippen LogP contribution < -0.4 is 0 Å². The number of rotatable bonds is 2. The highest BCUT2D eigenvalue weighted by Gasteiger charge is 2.30. The standard InChI is InChI=1S/C11H6Cl2F3N3/c12-5-8-17-9(19-10(13)18-8)6-2-1-3-7(4-6)11(14,15)16/h1-4H,5H2. The van der Waals surface area contributed by atoms with Crippen molar-refractivity contribution in [3.05, 3.63) is 40.9 Å². The average molecular weight is 308 g/mol. The minimum Gasteiger partial charge on any atom is -0.212 e. The fraction of sp³-hybridized carbons (Fsp3) is 0.182. The SMILES string of the molecule is FC(F)(F)c1cccc(-c2nc(Cl)nc(CCl)n2)c1. The number of alkyl halides is 4. The van der Waals surface area contributed by atoms with Gasteiger partial charge >= 0.3 is 6.18 Å². The van der Waals surface area contributed by atoms with E-state index >= 15 is 0 Å². The minimum absolute atomic E-state index is 0.00575. The summed E-state index contributed by atoms with van der Waals surface area (Å²) in [6.07, 6.45) is -4.43. The first-order valence-corrected chi connectivity index (χ1v) is 5.95. The molecule has 0 radical (unpaired) electrons. The molecule has 0 saturated carbocycles. The van der Waals surface area contributed by atoms with Gasteiger partial charge in [0.25, 0.3) is 0 Å². The van der Waals surface area contributed by atoms with Gasteiger partial charge in [0.15, 0.2) is 5.82 Å². The second kappa shape index (κ2) is 5.30. The van der Waals surface area contributed by atoms with Crippen LogP contribution in [0.25, 0.3) is 11.4 Å². The molecule has 0 aliphatic rings. The molecule has 0 aliphatic carbocycles. The molecule has 100 valence electrons. The molecule has 3 nitrogen and oxygen atoms in total. The van der Waals surface area contributed by atoms with Gasteiger partial charge in [-0.25, -0.2) is 9.97 Å². The van der Waals surface area contributed by atoms with Gasteiger partial charge < -0.3 is 0 Å². The van der Waals surface area contributed by atoms with Gasteiger partial charge in [-0.05, 0) is 23.7 Å². The Hall–Kier alpha value is -1.40. The van der Waals surface area contributed by atoms with Crippen molar-refractivity contribution in [2.75, 3.05) is 0 Å². The molecule has 1 aromatic carbocycles. The van der Waals surface area contributed by atoms with Gasteiger partial charge in [0, 0.05) is 5.56 Å². The van der Waals surface area contributed by atoms with Crippen LogP contribution in [0.1, 0.15) is 11.4 Å². The Balaban J connectivity index is 2.50. The number of hydrogen-bond donors (Lipinski definition) is 0. The van der Waals surface area contributed by atoms with Gasteiger partial charge in [-0.2, -0.15) is 18.2 Å². The molecule has 2 rings (SSSR count). The number of aromatic nitrogens is 3. The molecule has 0 atom stereocenters. The monoisotopic (exact) mass is 307 g/mol. The Morgan fingerprint density at radius 2 is 1.84 bits per heavy atom. The molecule has 0 bridgehead atoms. The van der Waals surface area contributed by atoms with Gasteiger partial charge in [-0.3, -0.25) is 0 Å². The molecule has 0 spiro atoms. The van der Waals surface area contributed by atoms with E-state index in [1.165, 1.54) is 12.1 Å². The molecule has 0 aliphatic heterocycles. The Kier molecular flexibility index (Phi) is 3.91. The summed E-state index contributed by atoms with van der Waals surface area (Å²) < 4.78 is 37.8. The predicted molar refractivity (Wildman–Crippen MR) is 64.8 cm³/mol. The molecule has 0 unspecified atom stereocenters. The van der Waals surface area contributed by atoms with Crippen molar-refractivity contribution in [3.63, 3.8) is 0 Å². The highest BCUT2D eigenvalue weighted by Crippen LogP contribution is 2.31. The van der Waals surface area contributed by atoms with E-state index in [4.69, 9.17) is 23.2 Å². The maximum atomic E-state index is 12.6. The van der Waals surface area contributed by atoms with Crippen LogP contribution in [0.4, 0.5) is 13.2 Å². The molecule has 1 heterocycles. The van der Waals surface area contributed by atoms with Crippen molar-refractivity contribution in [2.45, 2.75) is 12.1 Å². The summed E-state index contributed by atoms with van der Waals surface area (Å²) in [5, 5.41) is -0.113. The largest absolute Gasteiger partial charge is 0.416 e. The molecule has 0 N–H and O–H groups in total. The topological polar surface area (TPSA) is 38.7 Å². The Morgan fingerprint density at radius 3 is 2.47 bits per heavy atom. The maximum absolute atomic E-state index is 12.6. The molecule has 8 heteroatoms. The lowest BCUT2D eigenvalue weighted by Crippen LogP contribution is -2.05. The number of halogens is 5. The normalized spacial score (nSPS) is 11.6. The van der Waals surface area contributed by atoms with Crippen LogP contribution in [0, 0.1) is 0 Å². The van der Waals surface area contributed by atoms with Crippen LogP contribution >= 0.6 is 23.2 Å². The Morgan fingerprint density at radius 1 is 1.11 bits per heavy atom. The van der Waals surface area contributed by atoms with Crippen LogP contribution in [0.15, 0.2) is 24.3 Å². The van der Waals surface area contributed by atoms with Crippen LogP contribution in [0.3, 0.4) is 0 Å². The number of nitrogens with zero attached hydrogens (tertiary/aromatic N) is 3. The Labute approximate surface area is 116 Å². The second-order valence-electron chi connectivity index (χ2n) is 3.56. The first kappa shape index (κ1) is 14.0. The van der Waals surface area contributed by atoms with Crippen molar-refractivity contribution >= 4 is 23.2 Å². The fourth-order valence-electron chi connectivity index (χ4n) is 1.41. The van der Waals surface area contributed by atoms with E-state index in [0.717, 1.165) is 12.1 Å². The van der Waals surface area contributed by atoms with Crippen molar-refractivity contribution in [3.8, 4) is 11.4 Å². The Bertz CT molecular complexity index is 602. The molecular weight excluding hydrogens is 302 g/mol. The number of hydrogen-bond acceptors (Lipinski definition) is 3. The van der Waals surface area contributed by atoms with Gasteiger partial charge in [0.05, 0.1) is 11.4 Å². The zero-order valence-electron chi connectivity index (χ0n) is 9.25. The molecular formula is C11H6Cl2F3N3. The average Bonchev–Trinajstić information content (AvgIpc) is 2.37. The van der Waals surface area contributed by atoms with E-state index in [1.807, 2.05) is 0 Å². The summed E-state index contributed by atoms with van der Waals surface area (Å²) in [5.41, 5.74) is -0.584. The first-order chi connectivity index (χ1) is 8.90. The van der Waals surface area contributed by atoms with E-state index in [1.54, 1.807) is 0 Å². The summed E-state index contributed by atoms with van der Waals surface area (Å²) >= 11 is 11.2. The van der Waals surface area contributed by atoms with E-state index in [2.05, 4.69) is 15.0 Å². The van der Waals surface area contributed by atoms with E-state index in [-0.39, 0.29) is 28.4 Å². The summed E-state index contributed by atoms with van der Waals surface area (Å²) in [7, 11) is 0. The lowest BCUT2D eigenvalue weighted by atomic mass is 10.1. The zero-order chi connectivity index (χ0) is 14.0. The molecule has 0 amide bonds. The molecule has 0 fully saturated rings. The van der Waals surface area contributed by atoms with Crippen molar-refractivity contribution in [1.82, 2.24) is 15.0 Å². The summed E-state index contributed by atoms with van der Waals surface area (Å²) in [6.45, 7) is 0. The highest BCUT2D eigenvalue weighted by molar-refractivity contribution is 6.28. The van der Waals surface area contributed by atoms with Crippen molar-refractivity contribution < 1.29 is 13.2 Å². The second-order valence-corrected chi connectivity index (χ2v) is 4.16. The highest BCUT2D eigenvalue weighted by atomic mass is 35.5. The lowest BCUT2D eigenvalue weighted by Gasteiger charge is -2.08. The van der Waals surface area contributed by atoms with Gasteiger partial charge in [-0.15, -0.1) is 11.6 Å². The van der Waals surface area contributed by atoms with Crippen LogP contribution in [0.5, 0.6) is 0 Å². The fourth-order valence-corrected chi connectivity index (χ4v) is 1.71. The van der Waals surface area contributed by atoms with Crippen molar-refractivity contribution in [1.29, 1.82) is 0 Å². The molecule has 19 heavy (non-hydrogen) atoms. The molecule has 1 aromatic heterocycles. The third kappa shape index (κ3) is 3.33. The van der Waals surface area contributed by atoms with E-state index < -0.39 is 11.7 Å². The van der Waals surface area contributed by atoms with Crippen molar-refractivity contribution in [2.24, 2.45) is 0 Å². The first-order valence-electron chi connectivity index (χ1n) is 5.04. The third-order valence-corrected chi connectivity index (χ3v) is 2.63. The summed E-state index contributed by atoms with van der Waals surface area (Å²) in [5.74, 6) is 0.254. The van der Waals surface area contributed by atoms with E-state index in [9.17, 15) is 13.2 Å². The smallest absolute Gasteiger partial charge is 0.212 e. The van der Waals surface area contributed by atoms with Gasteiger partial charge in [0.1, 0.15) is 5.82 Å². The maximum Gasteiger partial charge on any atom is 0.416 e. The molecule has 0 saturated heterocycles. The van der Waals surface area contributed by atoms with Crippen LogP contribution in [0.2, 0.25) is 5.28 Å². The summed E-state index contributed by atoms with van der Waals surface area (Å²) in [6, 6.07) is 4.65. The molecule has 2 aromatic rings. The zero-order valence-corrected chi connectivity index (χ0v) is 10.8.